The lowest BCUT2D eigenvalue weighted by Crippen LogP contribution is -2.34. The number of carbonyl (C=O) groups excluding carboxylic acids is 1. The molecule has 3 heterocycles. The number of amides is 1. The Hall–Kier alpha value is -2.90. The average molecular weight is 327 g/mol. The number of carbonyl (C=O) groups is 1. The second-order valence-corrected chi connectivity index (χ2v) is 6.04. The van der Waals surface area contributed by atoms with Gasteiger partial charge in [-0.15, -0.1) is 0 Å². The summed E-state index contributed by atoms with van der Waals surface area (Å²) in [6.45, 7) is 2.96. The summed E-state index contributed by atoms with van der Waals surface area (Å²) in [6.07, 6.45) is 0.788. The van der Waals surface area contributed by atoms with E-state index in [2.05, 4.69) is 15.1 Å². The van der Waals surface area contributed by atoms with Crippen molar-refractivity contribution in [3.8, 4) is 0 Å². The molecular formula is C16H17N5O3. The van der Waals surface area contributed by atoms with E-state index in [9.17, 15) is 9.59 Å². The number of rotatable bonds is 3. The first-order valence-electron chi connectivity index (χ1n) is 7.87. The average Bonchev–Trinajstić information content (AvgIpc) is 3.27. The highest BCUT2D eigenvalue weighted by Crippen LogP contribution is 2.26. The third-order valence-corrected chi connectivity index (χ3v) is 4.41. The van der Waals surface area contributed by atoms with Gasteiger partial charge in [-0.25, -0.2) is 4.79 Å². The minimum absolute atomic E-state index is 0.0262. The summed E-state index contributed by atoms with van der Waals surface area (Å²) in [6, 6.07) is 7.35. The third-order valence-electron chi connectivity index (χ3n) is 4.41. The summed E-state index contributed by atoms with van der Waals surface area (Å²) >= 11 is 0. The molecule has 1 aromatic carbocycles. The number of aromatic nitrogens is 4. The topological polar surface area (TPSA) is 97.0 Å². The first kappa shape index (κ1) is 14.7. The van der Waals surface area contributed by atoms with Crippen LogP contribution in [0, 0.1) is 6.92 Å². The molecular weight excluding hydrogens is 310 g/mol. The maximum Gasteiger partial charge on any atom is 0.326 e. The van der Waals surface area contributed by atoms with Crippen LogP contribution in [0.4, 0.5) is 0 Å². The van der Waals surface area contributed by atoms with Gasteiger partial charge in [-0.1, -0.05) is 17.3 Å². The Morgan fingerprint density at radius 2 is 2.25 bits per heavy atom. The van der Waals surface area contributed by atoms with Crippen molar-refractivity contribution in [2.75, 3.05) is 13.1 Å². The van der Waals surface area contributed by atoms with Crippen LogP contribution in [0.3, 0.4) is 0 Å². The molecule has 124 valence electrons. The van der Waals surface area contributed by atoms with Crippen molar-refractivity contribution in [2.45, 2.75) is 25.8 Å². The zero-order valence-electron chi connectivity index (χ0n) is 13.2. The first-order chi connectivity index (χ1) is 11.6. The molecule has 1 N–H and O–H groups in total. The number of aryl methyl sites for hydroxylation is 1. The molecule has 2 aromatic heterocycles. The molecule has 1 fully saturated rings. The van der Waals surface area contributed by atoms with E-state index in [0.29, 0.717) is 24.8 Å². The predicted molar refractivity (Wildman–Crippen MR) is 85.5 cm³/mol. The van der Waals surface area contributed by atoms with Crippen LogP contribution in [0.25, 0.3) is 11.0 Å². The number of nitrogens with one attached hydrogen (secondary N) is 1. The monoisotopic (exact) mass is 327 g/mol. The molecule has 0 radical (unpaired) electrons. The number of imidazole rings is 1. The number of nitrogens with zero attached hydrogens (tertiary/aromatic N) is 4. The molecule has 1 unspecified atom stereocenters. The number of fused-ring (bicyclic) bond motifs is 1. The summed E-state index contributed by atoms with van der Waals surface area (Å²) in [7, 11) is 0. The van der Waals surface area contributed by atoms with Crippen LogP contribution in [-0.2, 0) is 11.3 Å². The smallest absolute Gasteiger partial charge is 0.326 e. The van der Waals surface area contributed by atoms with E-state index in [0.717, 1.165) is 17.5 Å². The van der Waals surface area contributed by atoms with Crippen molar-refractivity contribution < 1.29 is 9.32 Å². The van der Waals surface area contributed by atoms with Gasteiger partial charge in [-0.2, -0.15) is 4.98 Å². The molecule has 0 saturated carbocycles. The zero-order valence-corrected chi connectivity index (χ0v) is 13.2. The van der Waals surface area contributed by atoms with Crippen LogP contribution in [0.2, 0.25) is 0 Å². The van der Waals surface area contributed by atoms with Gasteiger partial charge >= 0.3 is 5.69 Å². The Labute approximate surface area is 137 Å². The van der Waals surface area contributed by atoms with Crippen LogP contribution in [0.15, 0.2) is 33.6 Å². The summed E-state index contributed by atoms with van der Waals surface area (Å²) in [5.41, 5.74) is 1.20. The van der Waals surface area contributed by atoms with Gasteiger partial charge in [0.25, 0.3) is 0 Å². The number of likely N-dealkylation sites (tertiary alicyclic amines) is 1. The highest BCUT2D eigenvalue weighted by molar-refractivity contribution is 5.80. The molecule has 1 saturated heterocycles. The van der Waals surface area contributed by atoms with E-state index in [1.807, 2.05) is 24.3 Å². The molecule has 0 spiro atoms. The minimum Gasteiger partial charge on any atom is -0.340 e. The summed E-state index contributed by atoms with van der Waals surface area (Å²) in [4.78, 5) is 33.4. The van der Waals surface area contributed by atoms with Crippen LogP contribution in [-0.4, -0.2) is 43.6 Å². The lowest BCUT2D eigenvalue weighted by molar-refractivity contribution is -0.130. The van der Waals surface area contributed by atoms with Gasteiger partial charge in [0, 0.05) is 13.1 Å². The molecule has 8 nitrogen and oxygen atoms in total. The molecule has 3 aromatic rings. The molecule has 4 rings (SSSR count). The van der Waals surface area contributed by atoms with E-state index < -0.39 is 0 Å². The number of aromatic amines is 1. The lowest BCUT2D eigenvalue weighted by Gasteiger charge is -2.16. The van der Waals surface area contributed by atoms with E-state index in [-0.39, 0.29) is 24.1 Å². The van der Waals surface area contributed by atoms with Crippen molar-refractivity contribution in [1.82, 2.24) is 24.6 Å². The fourth-order valence-electron chi connectivity index (χ4n) is 3.17. The van der Waals surface area contributed by atoms with Crippen LogP contribution < -0.4 is 5.69 Å². The Balaban J connectivity index is 1.50. The van der Waals surface area contributed by atoms with Crippen molar-refractivity contribution in [2.24, 2.45) is 0 Å². The van der Waals surface area contributed by atoms with E-state index >= 15 is 0 Å². The number of para-hydroxylation sites is 2. The molecule has 1 atom stereocenters. The fourth-order valence-corrected chi connectivity index (χ4v) is 3.17. The van der Waals surface area contributed by atoms with Crippen LogP contribution in [0.5, 0.6) is 0 Å². The molecule has 8 heteroatoms. The maximum atomic E-state index is 12.6. The molecule has 0 aliphatic carbocycles. The van der Waals surface area contributed by atoms with Gasteiger partial charge in [0.15, 0.2) is 5.82 Å². The molecule has 1 amide bonds. The van der Waals surface area contributed by atoms with Crippen LogP contribution in [0.1, 0.15) is 24.1 Å². The Kier molecular flexibility index (Phi) is 3.44. The molecule has 1 aliphatic rings. The highest BCUT2D eigenvalue weighted by Gasteiger charge is 2.31. The SMILES string of the molecule is Cc1noc(C2CCN(C(=O)Cn3c(=O)[nH]c4ccccc43)C2)n1. The first-order valence-corrected chi connectivity index (χ1v) is 7.87. The van der Waals surface area contributed by atoms with Crippen molar-refractivity contribution >= 4 is 16.9 Å². The number of benzene rings is 1. The normalized spacial score (nSPS) is 17.7. The van der Waals surface area contributed by atoms with Crippen molar-refractivity contribution in [1.29, 1.82) is 0 Å². The van der Waals surface area contributed by atoms with Crippen molar-refractivity contribution in [3.63, 3.8) is 0 Å². The summed E-state index contributed by atoms with van der Waals surface area (Å²) in [5.74, 6) is 1.16. The predicted octanol–water partition coefficient (Wildman–Crippen LogP) is 1.04. The Morgan fingerprint density at radius 1 is 1.42 bits per heavy atom. The van der Waals surface area contributed by atoms with Gasteiger partial charge < -0.3 is 14.4 Å². The van der Waals surface area contributed by atoms with Gasteiger partial charge in [-0.3, -0.25) is 9.36 Å². The molecule has 24 heavy (non-hydrogen) atoms. The largest absolute Gasteiger partial charge is 0.340 e. The number of hydrogen-bond donors (Lipinski definition) is 1. The quantitative estimate of drug-likeness (QED) is 0.775. The van der Waals surface area contributed by atoms with E-state index in [4.69, 9.17) is 4.52 Å². The molecule has 0 bridgehead atoms. The minimum atomic E-state index is -0.271. The van der Waals surface area contributed by atoms with Gasteiger partial charge in [0.2, 0.25) is 11.8 Å². The van der Waals surface area contributed by atoms with Crippen LogP contribution >= 0.6 is 0 Å². The van der Waals surface area contributed by atoms with Gasteiger partial charge in [0.05, 0.1) is 17.0 Å². The zero-order chi connectivity index (χ0) is 16.7. The third kappa shape index (κ3) is 2.49. The lowest BCUT2D eigenvalue weighted by atomic mass is 10.1. The fraction of sp³-hybridized carbons (Fsp3) is 0.375. The maximum absolute atomic E-state index is 12.6. The standard InChI is InChI=1S/C16H17N5O3/c1-10-17-15(24-19-10)11-6-7-20(8-11)14(22)9-21-13-5-3-2-4-12(13)18-16(21)23/h2-5,11H,6-9H2,1H3,(H,18,23). The summed E-state index contributed by atoms with van der Waals surface area (Å²) < 4.78 is 6.67. The van der Waals surface area contributed by atoms with Gasteiger partial charge in [-0.05, 0) is 25.5 Å². The van der Waals surface area contributed by atoms with E-state index in [1.54, 1.807) is 11.8 Å². The van der Waals surface area contributed by atoms with Crippen molar-refractivity contribution in [3.05, 3.63) is 46.5 Å². The second-order valence-electron chi connectivity index (χ2n) is 6.04. The summed E-state index contributed by atoms with van der Waals surface area (Å²) in [5, 5.41) is 3.80. The highest BCUT2D eigenvalue weighted by atomic mass is 16.5. The second kappa shape index (κ2) is 5.63. The number of hydrogen-bond acceptors (Lipinski definition) is 5. The Morgan fingerprint density at radius 3 is 3.04 bits per heavy atom. The molecule has 1 aliphatic heterocycles. The van der Waals surface area contributed by atoms with E-state index in [1.165, 1.54) is 4.57 Å². The number of H-pyrrole nitrogens is 1. The van der Waals surface area contributed by atoms with Gasteiger partial charge in [0.1, 0.15) is 6.54 Å². The Bertz CT molecular complexity index is 954.